The van der Waals surface area contributed by atoms with Crippen LogP contribution in [0.5, 0.6) is 0 Å². The Kier molecular flexibility index (Phi) is 3.57. The molecule has 5 heteroatoms. The summed E-state index contributed by atoms with van der Waals surface area (Å²) in [7, 11) is 0. The van der Waals surface area contributed by atoms with Crippen molar-refractivity contribution in [1.29, 1.82) is 0 Å². The largest absolute Gasteiger partial charge is 0.480 e. The molecule has 0 heterocycles. The number of carboxylic acids is 1. The smallest absolute Gasteiger partial charge is 0.320 e. The SMILES string of the molecule is CC(C[C@H](N)C(=O)O)C(C)(F)F. The second-order valence-electron chi connectivity index (χ2n) is 3.04. The van der Waals surface area contributed by atoms with Crippen molar-refractivity contribution >= 4 is 5.97 Å². The second kappa shape index (κ2) is 3.80. The van der Waals surface area contributed by atoms with Gasteiger partial charge in [-0.25, -0.2) is 8.78 Å². The van der Waals surface area contributed by atoms with E-state index in [4.69, 9.17) is 10.8 Å². The predicted molar refractivity (Wildman–Crippen MR) is 40.0 cm³/mol. The summed E-state index contributed by atoms with van der Waals surface area (Å²) in [6, 6.07) is -1.20. The molecule has 0 aliphatic heterocycles. The number of alkyl halides is 2. The van der Waals surface area contributed by atoms with Gasteiger partial charge in [0.1, 0.15) is 6.04 Å². The molecule has 0 saturated carbocycles. The normalized spacial score (nSPS) is 17.1. The number of aliphatic carboxylic acids is 1. The Morgan fingerprint density at radius 2 is 2.08 bits per heavy atom. The standard InChI is InChI=1S/C7H13F2NO2/c1-4(7(2,8)9)3-5(10)6(11)12/h4-5H,3,10H2,1-2H3,(H,11,12)/t4?,5-/m0/s1. The molecule has 0 aromatic heterocycles. The van der Waals surface area contributed by atoms with Crippen LogP contribution in [0, 0.1) is 5.92 Å². The van der Waals surface area contributed by atoms with E-state index in [2.05, 4.69) is 0 Å². The highest BCUT2D eigenvalue weighted by Crippen LogP contribution is 2.26. The first-order valence-electron chi connectivity index (χ1n) is 3.61. The van der Waals surface area contributed by atoms with Gasteiger partial charge in [0.2, 0.25) is 5.92 Å². The molecule has 1 unspecified atom stereocenters. The molecule has 72 valence electrons. The molecule has 0 aliphatic carbocycles. The van der Waals surface area contributed by atoms with Crippen LogP contribution in [-0.4, -0.2) is 23.0 Å². The topological polar surface area (TPSA) is 63.3 Å². The fourth-order valence-electron chi connectivity index (χ4n) is 0.689. The Morgan fingerprint density at radius 1 is 1.67 bits per heavy atom. The van der Waals surface area contributed by atoms with Gasteiger partial charge in [0.25, 0.3) is 0 Å². The maximum atomic E-state index is 12.5. The Bertz CT molecular complexity index is 167. The van der Waals surface area contributed by atoms with Gasteiger partial charge >= 0.3 is 5.97 Å². The lowest BCUT2D eigenvalue weighted by atomic mass is 9.97. The number of carboxylic acid groups (broad SMARTS) is 1. The van der Waals surface area contributed by atoms with Crippen molar-refractivity contribution in [2.24, 2.45) is 11.7 Å². The molecule has 0 saturated heterocycles. The van der Waals surface area contributed by atoms with Crippen LogP contribution < -0.4 is 5.73 Å². The third-order valence-electron chi connectivity index (χ3n) is 1.79. The van der Waals surface area contributed by atoms with E-state index in [1.165, 1.54) is 6.92 Å². The van der Waals surface area contributed by atoms with Crippen molar-refractivity contribution in [3.63, 3.8) is 0 Å². The fourth-order valence-corrected chi connectivity index (χ4v) is 0.689. The monoisotopic (exact) mass is 181 g/mol. The molecule has 0 aromatic carbocycles. The van der Waals surface area contributed by atoms with Gasteiger partial charge in [-0.2, -0.15) is 0 Å². The Hall–Kier alpha value is -0.710. The van der Waals surface area contributed by atoms with E-state index < -0.39 is 23.9 Å². The highest BCUT2D eigenvalue weighted by molar-refractivity contribution is 5.73. The Morgan fingerprint density at radius 3 is 2.33 bits per heavy atom. The van der Waals surface area contributed by atoms with Crippen molar-refractivity contribution < 1.29 is 18.7 Å². The average molecular weight is 181 g/mol. The number of carbonyl (C=O) groups is 1. The van der Waals surface area contributed by atoms with Gasteiger partial charge in [-0.3, -0.25) is 4.79 Å². The van der Waals surface area contributed by atoms with Gasteiger partial charge in [-0.05, 0) is 13.3 Å². The van der Waals surface area contributed by atoms with Crippen molar-refractivity contribution in [3.8, 4) is 0 Å². The molecule has 0 radical (unpaired) electrons. The molecular formula is C7H13F2NO2. The van der Waals surface area contributed by atoms with Crippen LogP contribution >= 0.6 is 0 Å². The quantitative estimate of drug-likeness (QED) is 0.682. The summed E-state index contributed by atoms with van der Waals surface area (Å²) in [5.41, 5.74) is 5.08. The minimum atomic E-state index is -2.87. The van der Waals surface area contributed by atoms with Gasteiger partial charge in [0.15, 0.2) is 0 Å². The van der Waals surface area contributed by atoms with E-state index in [1.54, 1.807) is 0 Å². The van der Waals surface area contributed by atoms with Crippen LogP contribution in [0.15, 0.2) is 0 Å². The molecule has 0 bridgehead atoms. The van der Waals surface area contributed by atoms with Crippen LogP contribution in [0.3, 0.4) is 0 Å². The lowest BCUT2D eigenvalue weighted by molar-refractivity contribution is -0.139. The molecule has 2 atom stereocenters. The summed E-state index contributed by atoms with van der Waals surface area (Å²) in [4.78, 5) is 10.2. The van der Waals surface area contributed by atoms with Crippen molar-refractivity contribution in [1.82, 2.24) is 0 Å². The number of hydrogen-bond acceptors (Lipinski definition) is 2. The molecule has 0 aromatic rings. The summed E-state index contributed by atoms with van der Waals surface area (Å²) in [6.07, 6.45) is -0.209. The van der Waals surface area contributed by atoms with E-state index in [1.807, 2.05) is 0 Å². The van der Waals surface area contributed by atoms with Gasteiger partial charge in [0, 0.05) is 5.92 Å². The van der Waals surface area contributed by atoms with Crippen molar-refractivity contribution in [2.45, 2.75) is 32.2 Å². The zero-order valence-electron chi connectivity index (χ0n) is 7.05. The number of hydrogen-bond donors (Lipinski definition) is 2. The molecule has 0 fully saturated rings. The Labute approximate surface area is 69.6 Å². The molecule has 12 heavy (non-hydrogen) atoms. The van der Waals surface area contributed by atoms with Crippen LogP contribution in [0.25, 0.3) is 0 Å². The van der Waals surface area contributed by atoms with Crippen LogP contribution in [-0.2, 0) is 4.79 Å². The van der Waals surface area contributed by atoms with Gasteiger partial charge < -0.3 is 10.8 Å². The third-order valence-corrected chi connectivity index (χ3v) is 1.79. The second-order valence-corrected chi connectivity index (χ2v) is 3.04. The first-order valence-corrected chi connectivity index (χ1v) is 3.61. The Balaban J connectivity index is 4.01. The minimum absolute atomic E-state index is 0.209. The van der Waals surface area contributed by atoms with E-state index in [0.717, 1.165) is 6.92 Å². The zero-order valence-corrected chi connectivity index (χ0v) is 7.05. The number of rotatable bonds is 4. The number of nitrogens with two attached hydrogens (primary N) is 1. The third kappa shape index (κ3) is 3.61. The predicted octanol–water partition coefficient (Wildman–Crippen LogP) is 1.08. The molecular weight excluding hydrogens is 168 g/mol. The van der Waals surface area contributed by atoms with E-state index in [9.17, 15) is 13.6 Å². The van der Waals surface area contributed by atoms with E-state index in [-0.39, 0.29) is 6.42 Å². The van der Waals surface area contributed by atoms with Gasteiger partial charge in [0.05, 0.1) is 0 Å². The van der Waals surface area contributed by atoms with Crippen LogP contribution in [0.1, 0.15) is 20.3 Å². The maximum Gasteiger partial charge on any atom is 0.320 e. The zero-order chi connectivity index (χ0) is 9.94. The van der Waals surface area contributed by atoms with Gasteiger partial charge in [-0.1, -0.05) is 6.92 Å². The molecule has 3 N–H and O–H groups in total. The molecule has 3 nitrogen and oxygen atoms in total. The van der Waals surface area contributed by atoms with Crippen LogP contribution in [0.4, 0.5) is 8.78 Å². The van der Waals surface area contributed by atoms with Crippen LogP contribution in [0.2, 0.25) is 0 Å². The first-order chi connectivity index (χ1) is 5.25. The maximum absolute atomic E-state index is 12.5. The summed E-state index contributed by atoms with van der Waals surface area (Å²) in [5.74, 6) is -5.12. The molecule has 0 amide bonds. The highest BCUT2D eigenvalue weighted by atomic mass is 19.3. The average Bonchev–Trinajstić information content (AvgIpc) is 1.85. The minimum Gasteiger partial charge on any atom is -0.480 e. The fraction of sp³-hybridized carbons (Fsp3) is 0.857. The first kappa shape index (κ1) is 11.3. The van der Waals surface area contributed by atoms with Gasteiger partial charge in [-0.15, -0.1) is 0 Å². The summed E-state index contributed by atoms with van der Waals surface area (Å²) >= 11 is 0. The van der Waals surface area contributed by atoms with E-state index >= 15 is 0 Å². The summed E-state index contributed by atoms with van der Waals surface area (Å²) in [5, 5.41) is 8.33. The van der Waals surface area contributed by atoms with Crippen molar-refractivity contribution in [2.75, 3.05) is 0 Å². The lowest BCUT2D eigenvalue weighted by Gasteiger charge is -2.20. The summed E-state index contributed by atoms with van der Waals surface area (Å²) < 4.78 is 25.0. The van der Waals surface area contributed by atoms with E-state index in [0.29, 0.717) is 0 Å². The van der Waals surface area contributed by atoms with Crippen molar-refractivity contribution in [3.05, 3.63) is 0 Å². The highest BCUT2D eigenvalue weighted by Gasteiger charge is 2.32. The molecule has 0 spiro atoms. The lowest BCUT2D eigenvalue weighted by Crippen LogP contribution is -2.36. The molecule has 0 rings (SSSR count). The summed E-state index contributed by atoms with van der Waals surface area (Å²) in [6.45, 7) is 2.04. The number of halogens is 2. The molecule has 0 aliphatic rings.